The van der Waals surface area contributed by atoms with E-state index in [-0.39, 0.29) is 5.04 Å². The van der Waals surface area contributed by atoms with E-state index in [4.69, 9.17) is 25.3 Å². The quantitative estimate of drug-likeness (QED) is 0.618. The van der Waals surface area contributed by atoms with E-state index in [1.165, 1.54) is 0 Å². The van der Waals surface area contributed by atoms with Gasteiger partial charge in [-0.25, -0.2) is 0 Å². The second kappa shape index (κ2) is 7.38. The van der Waals surface area contributed by atoms with Gasteiger partial charge in [0, 0.05) is 17.0 Å². The Labute approximate surface area is 181 Å². The van der Waals surface area contributed by atoms with E-state index in [9.17, 15) is 0 Å². The summed E-state index contributed by atoms with van der Waals surface area (Å²) in [6.07, 6.45) is 1.99. The zero-order valence-electron chi connectivity index (χ0n) is 19.2. The van der Waals surface area contributed by atoms with E-state index in [1.54, 1.807) is 0 Å². The number of hydrogen-bond acceptors (Lipinski definition) is 4. The van der Waals surface area contributed by atoms with Crippen LogP contribution in [0.4, 0.5) is 0 Å². The average molecular weight is 437 g/mol. The molecule has 0 aliphatic carbocycles. The molecule has 5 nitrogen and oxygen atoms in total. The lowest BCUT2D eigenvalue weighted by molar-refractivity contribution is 0.00578. The maximum atomic E-state index is 6.75. The highest BCUT2D eigenvalue weighted by Crippen LogP contribution is 2.38. The van der Waals surface area contributed by atoms with Crippen molar-refractivity contribution < 1.29 is 13.7 Å². The molecule has 1 aliphatic rings. The van der Waals surface area contributed by atoms with Crippen LogP contribution in [0, 0.1) is 0 Å². The summed E-state index contributed by atoms with van der Waals surface area (Å²) in [5.41, 5.74) is 0.903. The Morgan fingerprint density at radius 2 is 1.72 bits per heavy atom. The van der Waals surface area contributed by atoms with E-state index in [0.717, 1.165) is 16.4 Å². The number of rotatable bonds is 5. The van der Waals surface area contributed by atoms with Crippen LogP contribution in [0.2, 0.25) is 23.2 Å². The Balaban J connectivity index is 1.77. The third-order valence-corrected chi connectivity index (χ3v) is 11.8. The number of aromatic nitrogens is 2. The molecule has 2 heterocycles. The first-order valence-electron chi connectivity index (χ1n) is 10.3. The molecule has 0 bridgehead atoms. The molecule has 3 rings (SSSR count). The minimum atomic E-state index is -1.76. The van der Waals surface area contributed by atoms with Gasteiger partial charge in [-0.05, 0) is 51.9 Å². The normalized spacial score (nSPS) is 19.3. The lowest BCUT2D eigenvalue weighted by atomic mass is 9.78. The molecule has 1 saturated heterocycles. The Morgan fingerprint density at radius 1 is 1.14 bits per heavy atom. The summed E-state index contributed by atoms with van der Waals surface area (Å²) in [5, 5.41) is 6.41. The zero-order chi connectivity index (χ0) is 21.8. The topological polar surface area (TPSA) is 45.5 Å². The standard InChI is InChI=1S/C21H34BClN2O3Si/c1-19(2,3)29(8,9)26-13-12-25-14-15-17(24-25)11-10-16(18(15)23)22-27-20(4,5)21(6,7)28-22/h10-11,14H,12-13H2,1-9H3. The Hall–Kier alpha value is -0.858. The fourth-order valence-electron chi connectivity index (χ4n) is 3.00. The van der Waals surface area contributed by atoms with E-state index >= 15 is 0 Å². The number of hydrogen-bond donors (Lipinski definition) is 0. The van der Waals surface area contributed by atoms with Crippen LogP contribution in [0.3, 0.4) is 0 Å². The van der Waals surface area contributed by atoms with Gasteiger partial charge in [0.05, 0.1) is 34.9 Å². The first-order valence-corrected chi connectivity index (χ1v) is 13.6. The van der Waals surface area contributed by atoms with Crippen LogP contribution in [0.5, 0.6) is 0 Å². The third-order valence-electron chi connectivity index (χ3n) is 6.80. The number of nitrogens with zero attached hydrogens (tertiary/aromatic N) is 2. The molecular weight excluding hydrogens is 403 g/mol. The maximum absolute atomic E-state index is 6.75. The van der Waals surface area contributed by atoms with Crippen LogP contribution < -0.4 is 5.46 Å². The summed E-state index contributed by atoms with van der Waals surface area (Å²) in [5.74, 6) is 0. The molecular formula is C21H34BClN2O3Si. The predicted molar refractivity (Wildman–Crippen MR) is 124 cm³/mol. The van der Waals surface area contributed by atoms with Gasteiger partial charge >= 0.3 is 7.12 Å². The molecule has 1 aromatic carbocycles. The molecule has 0 unspecified atom stereocenters. The van der Waals surface area contributed by atoms with Crippen molar-refractivity contribution in [3.8, 4) is 0 Å². The summed E-state index contributed by atoms with van der Waals surface area (Å²) in [7, 11) is -2.25. The molecule has 2 aromatic rings. The van der Waals surface area contributed by atoms with Gasteiger partial charge in [-0.1, -0.05) is 38.4 Å². The molecule has 1 aromatic heterocycles. The van der Waals surface area contributed by atoms with Gasteiger partial charge in [-0.3, -0.25) is 4.68 Å². The van der Waals surface area contributed by atoms with E-state index in [0.29, 0.717) is 18.2 Å². The van der Waals surface area contributed by atoms with Crippen LogP contribution in [0.15, 0.2) is 18.3 Å². The fourth-order valence-corrected chi connectivity index (χ4v) is 4.34. The highest BCUT2D eigenvalue weighted by Gasteiger charge is 2.52. The van der Waals surface area contributed by atoms with Crippen molar-refractivity contribution in [2.45, 2.75) is 84.3 Å². The predicted octanol–water partition coefficient (Wildman–Crippen LogP) is 5.01. The molecule has 0 spiro atoms. The van der Waals surface area contributed by atoms with Crippen LogP contribution in [-0.2, 0) is 20.3 Å². The highest BCUT2D eigenvalue weighted by molar-refractivity contribution is 6.74. The second-order valence-corrected chi connectivity index (χ2v) is 15.7. The Bertz CT molecular complexity index is 889. The smallest absolute Gasteiger partial charge is 0.415 e. The minimum absolute atomic E-state index is 0.197. The van der Waals surface area contributed by atoms with Crippen LogP contribution in [0.1, 0.15) is 48.5 Å². The monoisotopic (exact) mass is 436 g/mol. The number of fused-ring (bicyclic) bond motifs is 1. The van der Waals surface area contributed by atoms with Gasteiger partial charge in [0.25, 0.3) is 0 Å². The average Bonchev–Trinajstić information content (AvgIpc) is 3.05. The molecule has 1 fully saturated rings. The van der Waals surface area contributed by atoms with Crippen molar-refractivity contribution in [1.82, 2.24) is 9.78 Å². The van der Waals surface area contributed by atoms with Gasteiger partial charge in [0.1, 0.15) is 0 Å². The van der Waals surface area contributed by atoms with E-state index in [1.807, 2.05) is 50.7 Å². The van der Waals surface area contributed by atoms with Crippen molar-refractivity contribution >= 4 is 43.4 Å². The zero-order valence-corrected chi connectivity index (χ0v) is 21.0. The molecule has 0 N–H and O–H groups in total. The van der Waals surface area contributed by atoms with Gasteiger partial charge < -0.3 is 13.7 Å². The summed E-state index contributed by atoms with van der Waals surface area (Å²) in [4.78, 5) is 0. The minimum Gasteiger partial charge on any atom is -0.415 e. The van der Waals surface area contributed by atoms with Crippen LogP contribution in [0.25, 0.3) is 10.9 Å². The van der Waals surface area contributed by atoms with Crippen molar-refractivity contribution in [2.24, 2.45) is 0 Å². The Kier molecular flexibility index (Phi) is 5.81. The lowest BCUT2D eigenvalue weighted by Crippen LogP contribution is -2.41. The summed E-state index contributed by atoms with van der Waals surface area (Å²) < 4.78 is 20.5. The maximum Gasteiger partial charge on any atom is 0.496 e. The van der Waals surface area contributed by atoms with E-state index < -0.39 is 26.6 Å². The van der Waals surface area contributed by atoms with E-state index in [2.05, 4.69) is 39.0 Å². The van der Waals surface area contributed by atoms with Crippen molar-refractivity contribution in [2.75, 3.05) is 6.61 Å². The number of halogens is 1. The molecule has 160 valence electrons. The first-order chi connectivity index (χ1) is 13.1. The first kappa shape index (κ1) is 22.8. The molecule has 0 saturated carbocycles. The van der Waals surface area contributed by atoms with Crippen LogP contribution >= 0.6 is 11.6 Å². The third kappa shape index (κ3) is 4.30. The number of benzene rings is 1. The van der Waals surface area contributed by atoms with Gasteiger partial charge in [-0.2, -0.15) is 5.10 Å². The van der Waals surface area contributed by atoms with Gasteiger partial charge in [0.15, 0.2) is 8.32 Å². The fraction of sp³-hybridized carbons (Fsp3) is 0.667. The summed E-state index contributed by atoms with van der Waals surface area (Å²) in [6, 6.07) is 3.93. The molecule has 29 heavy (non-hydrogen) atoms. The second-order valence-electron chi connectivity index (χ2n) is 10.5. The van der Waals surface area contributed by atoms with Gasteiger partial charge in [0.2, 0.25) is 0 Å². The SMILES string of the molecule is CC1(C)OB(c2ccc3nn(CCO[Si](C)(C)C(C)(C)C)cc3c2Cl)OC1(C)C. The summed E-state index contributed by atoms with van der Waals surface area (Å²) >= 11 is 6.75. The van der Waals surface area contributed by atoms with Crippen molar-refractivity contribution in [3.63, 3.8) is 0 Å². The van der Waals surface area contributed by atoms with Crippen molar-refractivity contribution in [1.29, 1.82) is 0 Å². The van der Waals surface area contributed by atoms with Crippen molar-refractivity contribution in [3.05, 3.63) is 23.4 Å². The highest BCUT2D eigenvalue weighted by atomic mass is 35.5. The van der Waals surface area contributed by atoms with Crippen LogP contribution in [-0.4, -0.2) is 43.0 Å². The largest absolute Gasteiger partial charge is 0.496 e. The molecule has 0 amide bonds. The molecule has 8 heteroatoms. The molecule has 0 radical (unpaired) electrons. The van der Waals surface area contributed by atoms with Gasteiger partial charge in [-0.15, -0.1) is 0 Å². The summed E-state index contributed by atoms with van der Waals surface area (Å²) in [6.45, 7) is 20.8. The molecule has 0 atom stereocenters. The molecule has 1 aliphatic heterocycles. The lowest BCUT2D eigenvalue weighted by Gasteiger charge is -2.36. The Morgan fingerprint density at radius 3 is 2.28 bits per heavy atom.